The molecule has 0 saturated heterocycles. The molecule has 0 atom stereocenters. The van der Waals surface area contributed by atoms with Gasteiger partial charge < -0.3 is 9.97 Å². The molecule has 0 amide bonds. The van der Waals surface area contributed by atoms with Gasteiger partial charge in [0.25, 0.3) is 0 Å². The number of fused-ring (bicyclic) bond motifs is 20. The average Bonchev–Trinajstić information content (AvgIpc) is 4.26. The van der Waals surface area contributed by atoms with Crippen LogP contribution < -0.4 is 0 Å². The SMILES string of the molecule is CC(C)(C)c1ccc(-c2ccc(-c3ccc(C(C)(C)C)cc3)c3c2-c2nc-3nc3[nH]c(nc4nc(nc5[nH]c(n2)c2ccccc52)-c2ccccc2-4)c2c(-c4ccc(C(C)(C)C)cc4)ccc(-c4ccc(C(C)(C)C)cc4)c32)cc1. The Kier molecular flexibility index (Phi) is 11.6. The second-order valence-electron chi connectivity index (χ2n) is 25.8. The van der Waals surface area contributed by atoms with Crippen molar-refractivity contribution in [3.8, 4) is 90.1 Å². The monoisotopic (exact) mass is 1040 g/mol. The van der Waals surface area contributed by atoms with E-state index in [9.17, 15) is 0 Å². The van der Waals surface area contributed by atoms with Gasteiger partial charge in [-0.25, -0.2) is 29.9 Å². The lowest BCUT2D eigenvalue weighted by Gasteiger charge is -2.20. The van der Waals surface area contributed by atoms with Crippen molar-refractivity contribution in [1.29, 1.82) is 0 Å². The zero-order chi connectivity index (χ0) is 55.6. The van der Waals surface area contributed by atoms with Gasteiger partial charge in [0.15, 0.2) is 23.3 Å². The van der Waals surface area contributed by atoms with E-state index in [1.165, 1.54) is 22.3 Å². The molecule has 8 bridgehead atoms. The molecule has 13 rings (SSSR count). The predicted molar refractivity (Wildman–Crippen MR) is 333 cm³/mol. The summed E-state index contributed by atoms with van der Waals surface area (Å²) in [6.07, 6.45) is 0. The average molecular weight is 1040 g/mol. The molecule has 8 heteroatoms. The van der Waals surface area contributed by atoms with E-state index in [2.05, 4.69) is 239 Å². The van der Waals surface area contributed by atoms with Crippen molar-refractivity contribution < 1.29 is 0 Å². The largest absolute Gasteiger partial charge is 0.324 e. The predicted octanol–water partition coefficient (Wildman–Crippen LogP) is 18.7. The number of hydrogen-bond acceptors (Lipinski definition) is 6. The summed E-state index contributed by atoms with van der Waals surface area (Å²) in [5.41, 5.74) is 19.4. The van der Waals surface area contributed by atoms with Crippen molar-refractivity contribution in [3.63, 3.8) is 0 Å². The maximum Gasteiger partial charge on any atom is 0.165 e. The topological polar surface area (TPSA) is 109 Å². The van der Waals surface area contributed by atoms with Crippen molar-refractivity contribution in [2.45, 2.75) is 105 Å². The van der Waals surface area contributed by atoms with Gasteiger partial charge in [-0.2, -0.15) is 0 Å². The molecule has 5 heterocycles. The van der Waals surface area contributed by atoms with Gasteiger partial charge in [-0.3, -0.25) is 0 Å². The van der Waals surface area contributed by atoms with Gasteiger partial charge in [-0.1, -0.05) is 253 Å². The summed E-state index contributed by atoms with van der Waals surface area (Å²) < 4.78 is 0. The number of H-pyrrole nitrogens is 2. The van der Waals surface area contributed by atoms with Gasteiger partial charge in [0.2, 0.25) is 0 Å². The molecule has 0 fully saturated rings. The number of rotatable bonds is 4. The quantitative estimate of drug-likeness (QED) is 0.182. The van der Waals surface area contributed by atoms with Crippen LogP contribution in [-0.2, 0) is 21.7 Å². The number of nitrogens with zero attached hydrogens (tertiary/aromatic N) is 6. The van der Waals surface area contributed by atoms with Crippen molar-refractivity contribution >= 4 is 44.1 Å². The molecule has 0 spiro atoms. The summed E-state index contributed by atoms with van der Waals surface area (Å²) in [6.45, 7) is 27.1. The van der Waals surface area contributed by atoms with Crippen LogP contribution in [0.25, 0.3) is 134 Å². The second kappa shape index (κ2) is 18.3. The molecular weight excluding hydrogens is 977 g/mol. The van der Waals surface area contributed by atoms with Crippen LogP contribution in [-0.4, -0.2) is 39.9 Å². The van der Waals surface area contributed by atoms with Gasteiger partial charge in [-0.15, -0.1) is 0 Å². The lowest BCUT2D eigenvalue weighted by atomic mass is 9.84. The summed E-state index contributed by atoms with van der Waals surface area (Å²) in [5.74, 6) is 2.20. The summed E-state index contributed by atoms with van der Waals surface area (Å²) in [6, 6.07) is 61.4. The molecule has 8 nitrogen and oxygen atoms in total. The lowest BCUT2D eigenvalue weighted by Crippen LogP contribution is -2.10. The van der Waals surface area contributed by atoms with Crippen LogP contribution in [0.5, 0.6) is 0 Å². The molecule has 394 valence electrons. The van der Waals surface area contributed by atoms with Crippen LogP contribution >= 0.6 is 0 Å². The Morgan fingerprint density at radius 1 is 0.250 bits per heavy atom. The van der Waals surface area contributed by atoms with Gasteiger partial charge >= 0.3 is 0 Å². The first kappa shape index (κ1) is 50.6. The maximum absolute atomic E-state index is 5.86. The molecule has 3 aromatic heterocycles. The van der Waals surface area contributed by atoms with E-state index < -0.39 is 0 Å². The number of benzene rings is 8. The number of hydrogen-bond donors (Lipinski definition) is 2. The highest BCUT2D eigenvalue weighted by atomic mass is 15.1. The van der Waals surface area contributed by atoms with Gasteiger partial charge in [0.05, 0.1) is 0 Å². The minimum Gasteiger partial charge on any atom is -0.324 e. The Labute approximate surface area is 468 Å². The summed E-state index contributed by atoms with van der Waals surface area (Å²) in [5, 5.41) is 3.69. The third-order valence-corrected chi connectivity index (χ3v) is 16.2. The number of nitrogens with one attached hydrogen (secondary N) is 2. The van der Waals surface area contributed by atoms with E-state index in [4.69, 9.17) is 29.9 Å². The maximum atomic E-state index is 5.86. The molecule has 0 radical (unpaired) electrons. The van der Waals surface area contributed by atoms with E-state index in [0.717, 1.165) is 88.3 Å². The fraction of sp³-hybridized carbons (Fsp3) is 0.222. The number of aromatic nitrogens is 8. The molecule has 0 unspecified atom stereocenters. The Morgan fingerprint density at radius 3 is 0.887 bits per heavy atom. The third-order valence-electron chi connectivity index (χ3n) is 16.2. The molecule has 2 aliphatic rings. The first-order valence-electron chi connectivity index (χ1n) is 27.9. The standard InChI is InChI=1S/C72H66N8/c1-69(2,3)45-29-21-41(22-30-45)49-37-39-51(43-25-33-47(34-26-43)71(7,8)9)59-57(49)65-76-63-55-19-15-13-17-53(55)61(74-63)73-62-54-18-14-16-20-56(54)64(75-62)77-66-58-50(42-23-31-46(32-24-42)70(4,5)6)38-40-52(60(58)68(79-66)80-67(59)78-65)44-27-35-48(36-28-44)72(10,11)12/h13-40H,1-12H3,(H2,73,74,75,76,77,78,79,80). The molecule has 11 aromatic rings. The van der Waals surface area contributed by atoms with Gasteiger partial charge in [0.1, 0.15) is 22.6 Å². The van der Waals surface area contributed by atoms with Crippen molar-refractivity contribution in [1.82, 2.24) is 39.9 Å². The summed E-state index contributed by atoms with van der Waals surface area (Å²) in [7, 11) is 0. The zero-order valence-electron chi connectivity index (χ0n) is 47.8. The Hall–Kier alpha value is -8.88. The van der Waals surface area contributed by atoms with E-state index in [0.29, 0.717) is 45.9 Å². The smallest absolute Gasteiger partial charge is 0.165 e. The van der Waals surface area contributed by atoms with Gasteiger partial charge in [-0.05, 0) is 88.4 Å². The molecule has 2 N–H and O–H groups in total. The van der Waals surface area contributed by atoms with E-state index in [1.54, 1.807) is 0 Å². The molecule has 0 aliphatic carbocycles. The van der Waals surface area contributed by atoms with Crippen LogP contribution in [0.3, 0.4) is 0 Å². The van der Waals surface area contributed by atoms with Crippen LogP contribution in [0, 0.1) is 0 Å². The zero-order valence-corrected chi connectivity index (χ0v) is 47.8. The van der Waals surface area contributed by atoms with E-state index in [1.807, 2.05) is 24.3 Å². The molecule has 8 aromatic carbocycles. The fourth-order valence-corrected chi connectivity index (χ4v) is 11.5. The van der Waals surface area contributed by atoms with E-state index >= 15 is 0 Å². The van der Waals surface area contributed by atoms with Crippen molar-refractivity contribution in [2.24, 2.45) is 0 Å². The van der Waals surface area contributed by atoms with Gasteiger partial charge in [0, 0.05) is 43.8 Å². The highest BCUT2D eigenvalue weighted by Crippen LogP contribution is 2.49. The third kappa shape index (κ3) is 8.78. The Morgan fingerprint density at radius 2 is 0.525 bits per heavy atom. The summed E-state index contributed by atoms with van der Waals surface area (Å²) >= 11 is 0. The van der Waals surface area contributed by atoms with Crippen LogP contribution in [0.2, 0.25) is 0 Å². The first-order valence-corrected chi connectivity index (χ1v) is 27.9. The molecular formula is C72H66N8. The normalized spacial score (nSPS) is 12.8. The highest BCUT2D eigenvalue weighted by molar-refractivity contribution is 6.18. The second-order valence-corrected chi connectivity index (χ2v) is 25.8. The molecule has 0 saturated carbocycles. The first-order chi connectivity index (χ1) is 38.2. The highest BCUT2D eigenvalue weighted by Gasteiger charge is 2.30. The fourth-order valence-electron chi connectivity index (χ4n) is 11.5. The Bertz CT molecular complexity index is 4460. The minimum atomic E-state index is -0.0297. The van der Waals surface area contributed by atoms with Crippen molar-refractivity contribution in [2.75, 3.05) is 0 Å². The van der Waals surface area contributed by atoms with E-state index in [-0.39, 0.29) is 21.7 Å². The number of aromatic amines is 2. The lowest BCUT2D eigenvalue weighted by molar-refractivity contribution is 0.590. The summed E-state index contributed by atoms with van der Waals surface area (Å²) in [4.78, 5) is 40.9. The Balaban J connectivity index is 1.22. The van der Waals surface area contributed by atoms with Crippen LogP contribution in [0.4, 0.5) is 0 Å². The van der Waals surface area contributed by atoms with Crippen LogP contribution in [0.15, 0.2) is 170 Å². The molecule has 2 aliphatic heterocycles. The molecule has 80 heavy (non-hydrogen) atoms. The minimum absolute atomic E-state index is 0.0240. The van der Waals surface area contributed by atoms with Crippen LogP contribution in [0.1, 0.15) is 105 Å². The van der Waals surface area contributed by atoms with Crippen molar-refractivity contribution in [3.05, 3.63) is 192 Å².